The van der Waals surface area contributed by atoms with Gasteiger partial charge >= 0.3 is 0 Å². The van der Waals surface area contributed by atoms with Crippen LogP contribution in [0.4, 0.5) is 11.5 Å². The fourth-order valence-electron chi connectivity index (χ4n) is 1.59. The minimum atomic E-state index is 0.151. The van der Waals surface area contributed by atoms with E-state index in [9.17, 15) is 0 Å². The van der Waals surface area contributed by atoms with Crippen molar-refractivity contribution in [1.82, 2.24) is 9.97 Å². The Balaban J connectivity index is 1.89. The zero-order valence-electron chi connectivity index (χ0n) is 11.8. The van der Waals surface area contributed by atoms with Crippen LogP contribution < -0.4 is 5.32 Å². The van der Waals surface area contributed by atoms with Crippen molar-refractivity contribution in [3.8, 4) is 0 Å². The minimum Gasteiger partial charge on any atom is -0.377 e. The van der Waals surface area contributed by atoms with Crippen LogP contribution in [0.1, 0.15) is 0 Å². The van der Waals surface area contributed by atoms with Gasteiger partial charge in [0.2, 0.25) is 5.28 Å². The SMILES string of the molecule is C=CCOCCSc1ccc(Nc2nc(Cl)ncc2Cl)cc1. The number of rotatable bonds is 8. The molecule has 0 radical (unpaired) electrons. The highest BCUT2D eigenvalue weighted by Gasteiger charge is 2.04. The molecular weight excluding hydrogens is 341 g/mol. The molecule has 0 fully saturated rings. The Kier molecular flexibility index (Phi) is 6.99. The van der Waals surface area contributed by atoms with Gasteiger partial charge in [0.15, 0.2) is 5.82 Å². The summed E-state index contributed by atoms with van der Waals surface area (Å²) in [6.07, 6.45) is 3.21. The van der Waals surface area contributed by atoms with Crippen LogP contribution in [0.5, 0.6) is 0 Å². The lowest BCUT2D eigenvalue weighted by Gasteiger charge is -2.08. The van der Waals surface area contributed by atoms with Crippen molar-refractivity contribution in [1.29, 1.82) is 0 Å². The maximum Gasteiger partial charge on any atom is 0.224 e. The molecule has 1 N–H and O–H groups in total. The van der Waals surface area contributed by atoms with E-state index in [4.69, 9.17) is 27.9 Å². The molecular formula is C15H15Cl2N3OS. The quantitative estimate of drug-likeness (QED) is 0.318. The maximum absolute atomic E-state index is 6.02. The van der Waals surface area contributed by atoms with Crippen LogP contribution in [0.25, 0.3) is 0 Å². The molecule has 0 aliphatic heterocycles. The number of hydrogen-bond acceptors (Lipinski definition) is 5. The molecule has 0 aliphatic rings. The topological polar surface area (TPSA) is 47.0 Å². The van der Waals surface area contributed by atoms with Gasteiger partial charge in [-0.2, -0.15) is 4.98 Å². The lowest BCUT2D eigenvalue weighted by molar-refractivity contribution is 0.180. The Morgan fingerprint density at radius 3 is 2.77 bits per heavy atom. The van der Waals surface area contributed by atoms with Gasteiger partial charge in [-0.1, -0.05) is 17.7 Å². The number of thioether (sulfide) groups is 1. The Morgan fingerprint density at radius 1 is 1.27 bits per heavy atom. The van der Waals surface area contributed by atoms with Crippen LogP contribution in [-0.2, 0) is 4.74 Å². The van der Waals surface area contributed by atoms with Crippen molar-refractivity contribution < 1.29 is 4.74 Å². The second-order valence-electron chi connectivity index (χ2n) is 4.20. The third-order valence-corrected chi connectivity index (χ3v) is 4.00. The van der Waals surface area contributed by atoms with Crippen LogP contribution in [0.15, 0.2) is 48.0 Å². The molecule has 116 valence electrons. The molecule has 0 saturated heterocycles. The average molecular weight is 356 g/mol. The van der Waals surface area contributed by atoms with E-state index in [0.717, 1.165) is 11.4 Å². The van der Waals surface area contributed by atoms with E-state index >= 15 is 0 Å². The second kappa shape index (κ2) is 9.00. The lowest BCUT2D eigenvalue weighted by Crippen LogP contribution is -1.97. The van der Waals surface area contributed by atoms with Crippen molar-refractivity contribution in [2.45, 2.75) is 4.90 Å². The predicted octanol–water partition coefficient (Wildman–Crippen LogP) is 4.82. The molecule has 1 aromatic carbocycles. The number of hydrogen-bond donors (Lipinski definition) is 1. The normalized spacial score (nSPS) is 10.5. The molecule has 0 bridgehead atoms. The van der Waals surface area contributed by atoms with Gasteiger partial charge in [-0.25, -0.2) is 4.98 Å². The zero-order valence-corrected chi connectivity index (χ0v) is 14.1. The van der Waals surface area contributed by atoms with Gasteiger partial charge in [-0.3, -0.25) is 0 Å². The van der Waals surface area contributed by atoms with Crippen molar-refractivity contribution in [2.24, 2.45) is 0 Å². The third kappa shape index (κ3) is 5.50. The summed E-state index contributed by atoms with van der Waals surface area (Å²) in [4.78, 5) is 9.03. The van der Waals surface area contributed by atoms with Gasteiger partial charge in [0.1, 0.15) is 5.02 Å². The number of anilines is 2. The summed E-state index contributed by atoms with van der Waals surface area (Å²) in [5.74, 6) is 1.38. The van der Waals surface area contributed by atoms with Gasteiger partial charge in [-0.15, -0.1) is 18.3 Å². The summed E-state index contributed by atoms with van der Waals surface area (Å²) in [7, 11) is 0. The first-order chi connectivity index (χ1) is 10.7. The van der Waals surface area contributed by atoms with Gasteiger partial charge in [0.25, 0.3) is 0 Å². The van der Waals surface area contributed by atoms with E-state index in [2.05, 4.69) is 21.9 Å². The monoisotopic (exact) mass is 355 g/mol. The van der Waals surface area contributed by atoms with Gasteiger partial charge in [0.05, 0.1) is 19.4 Å². The first kappa shape index (κ1) is 17.1. The number of halogens is 2. The largest absolute Gasteiger partial charge is 0.377 e. The van der Waals surface area contributed by atoms with Gasteiger partial charge in [0, 0.05) is 16.3 Å². The summed E-state index contributed by atoms with van der Waals surface area (Å²) in [5, 5.41) is 3.68. The first-order valence-electron chi connectivity index (χ1n) is 6.55. The highest BCUT2D eigenvalue weighted by molar-refractivity contribution is 7.99. The molecule has 7 heteroatoms. The van der Waals surface area contributed by atoms with E-state index in [0.29, 0.717) is 24.1 Å². The van der Waals surface area contributed by atoms with Gasteiger partial charge < -0.3 is 10.1 Å². The van der Waals surface area contributed by atoms with Crippen LogP contribution >= 0.6 is 35.0 Å². The summed E-state index contributed by atoms with van der Waals surface area (Å²) >= 11 is 13.5. The minimum absolute atomic E-state index is 0.151. The Bertz CT molecular complexity index is 623. The lowest BCUT2D eigenvalue weighted by atomic mass is 10.3. The number of nitrogens with zero attached hydrogens (tertiary/aromatic N) is 2. The molecule has 0 spiro atoms. The standard InChI is InChI=1S/C15H15Cl2N3OS/c1-2-7-21-8-9-22-12-5-3-11(4-6-12)19-14-13(16)10-18-15(17)20-14/h2-6,10H,1,7-9H2,(H,18,19,20). The van der Waals surface area contributed by atoms with Crippen LogP contribution in [0, 0.1) is 0 Å². The third-order valence-electron chi connectivity index (χ3n) is 2.56. The summed E-state index contributed by atoms with van der Waals surface area (Å²) in [5.41, 5.74) is 0.879. The average Bonchev–Trinajstić information content (AvgIpc) is 2.52. The number of aromatic nitrogens is 2. The predicted molar refractivity (Wildman–Crippen MR) is 93.5 cm³/mol. The van der Waals surface area contributed by atoms with Gasteiger partial charge in [-0.05, 0) is 35.9 Å². The summed E-state index contributed by atoms with van der Waals surface area (Å²) in [6, 6.07) is 7.97. The summed E-state index contributed by atoms with van der Waals surface area (Å²) < 4.78 is 5.34. The van der Waals surface area contributed by atoms with Crippen molar-refractivity contribution in [2.75, 3.05) is 24.3 Å². The van der Waals surface area contributed by atoms with E-state index in [-0.39, 0.29) is 5.28 Å². The fraction of sp³-hybridized carbons (Fsp3) is 0.200. The van der Waals surface area contributed by atoms with E-state index in [1.165, 1.54) is 11.1 Å². The smallest absolute Gasteiger partial charge is 0.224 e. The molecule has 0 atom stereocenters. The van der Waals surface area contributed by atoms with Crippen molar-refractivity contribution >= 4 is 46.5 Å². The molecule has 2 rings (SSSR count). The molecule has 0 unspecified atom stereocenters. The molecule has 4 nitrogen and oxygen atoms in total. The van der Waals surface area contributed by atoms with E-state index in [1.807, 2.05) is 24.3 Å². The molecule has 2 aromatic rings. The molecule has 0 saturated carbocycles. The van der Waals surface area contributed by atoms with E-state index < -0.39 is 0 Å². The van der Waals surface area contributed by atoms with Crippen LogP contribution in [-0.4, -0.2) is 28.9 Å². The number of nitrogens with one attached hydrogen (secondary N) is 1. The molecule has 22 heavy (non-hydrogen) atoms. The summed E-state index contributed by atoms with van der Waals surface area (Å²) in [6.45, 7) is 4.90. The molecule has 1 aromatic heterocycles. The van der Waals surface area contributed by atoms with E-state index in [1.54, 1.807) is 17.8 Å². The number of ether oxygens (including phenoxy) is 1. The zero-order chi connectivity index (χ0) is 15.8. The Hall–Kier alpha value is -1.27. The van der Waals surface area contributed by atoms with Crippen molar-refractivity contribution in [3.63, 3.8) is 0 Å². The Morgan fingerprint density at radius 2 is 2.05 bits per heavy atom. The maximum atomic E-state index is 6.02. The first-order valence-corrected chi connectivity index (χ1v) is 8.30. The van der Waals surface area contributed by atoms with Crippen LogP contribution in [0.2, 0.25) is 10.3 Å². The molecule has 1 heterocycles. The Labute approximate surface area is 143 Å². The number of benzene rings is 1. The fourth-order valence-corrected chi connectivity index (χ4v) is 2.63. The molecule has 0 amide bonds. The van der Waals surface area contributed by atoms with Crippen molar-refractivity contribution in [3.05, 3.63) is 53.4 Å². The highest BCUT2D eigenvalue weighted by atomic mass is 35.5. The van der Waals surface area contributed by atoms with Crippen LogP contribution in [0.3, 0.4) is 0 Å². The molecule has 0 aliphatic carbocycles. The highest BCUT2D eigenvalue weighted by Crippen LogP contribution is 2.25. The second-order valence-corrected chi connectivity index (χ2v) is 6.11.